The molecule has 0 unspecified atom stereocenters. The lowest BCUT2D eigenvalue weighted by Gasteiger charge is -2.07. The molecule has 1 aliphatic rings. The highest BCUT2D eigenvalue weighted by atomic mass is 32.1. The van der Waals surface area contributed by atoms with Gasteiger partial charge in [-0.3, -0.25) is 9.59 Å². The van der Waals surface area contributed by atoms with Crippen molar-refractivity contribution in [1.82, 2.24) is 5.32 Å². The molecular formula is C7H6N2O2S. The zero-order chi connectivity index (χ0) is 9.14. The zero-order valence-corrected chi connectivity index (χ0v) is 6.85. The number of rotatable bonds is 1. The largest absolute Gasteiger partial charge is 0.376 e. The Bertz CT molecular complexity index is 317. The summed E-state index contributed by atoms with van der Waals surface area (Å²) in [6, 6.07) is 0. The monoisotopic (exact) mass is 182 g/mol. The molecule has 0 radical (unpaired) electrons. The molecule has 0 aliphatic heterocycles. The van der Waals surface area contributed by atoms with Gasteiger partial charge in [0.1, 0.15) is 0 Å². The normalized spacial score (nSPS) is 15.8. The van der Waals surface area contributed by atoms with Crippen molar-refractivity contribution in [1.29, 1.82) is 0 Å². The highest BCUT2D eigenvalue weighted by Gasteiger charge is 2.12. The van der Waals surface area contributed by atoms with E-state index in [9.17, 15) is 9.59 Å². The summed E-state index contributed by atoms with van der Waals surface area (Å²) < 4.78 is 0. The number of hydrogen-bond acceptors (Lipinski definition) is 3. The third kappa shape index (κ3) is 2.00. The van der Waals surface area contributed by atoms with Crippen molar-refractivity contribution in [3.8, 4) is 0 Å². The molecule has 0 saturated heterocycles. The predicted molar refractivity (Wildman–Crippen MR) is 47.2 cm³/mol. The number of nitrogens with two attached hydrogens (primary N) is 1. The van der Waals surface area contributed by atoms with Crippen molar-refractivity contribution in [3.63, 3.8) is 0 Å². The molecule has 0 spiro atoms. The van der Waals surface area contributed by atoms with E-state index in [-0.39, 0.29) is 22.4 Å². The number of carbonyl (C=O) groups is 2. The average molecular weight is 182 g/mol. The summed E-state index contributed by atoms with van der Waals surface area (Å²) in [4.78, 5) is 21.8. The molecule has 3 N–H and O–H groups in total. The van der Waals surface area contributed by atoms with Gasteiger partial charge in [-0.15, -0.1) is 0 Å². The van der Waals surface area contributed by atoms with Crippen molar-refractivity contribution in [3.05, 3.63) is 23.9 Å². The number of allylic oxidation sites excluding steroid dienone is 3. The van der Waals surface area contributed by atoms with E-state index in [1.165, 1.54) is 12.2 Å². The van der Waals surface area contributed by atoms with Gasteiger partial charge in [0.15, 0.2) is 10.9 Å². The van der Waals surface area contributed by atoms with Crippen LogP contribution in [0.25, 0.3) is 0 Å². The van der Waals surface area contributed by atoms with Gasteiger partial charge in [-0.25, -0.2) is 0 Å². The maximum atomic E-state index is 11.0. The van der Waals surface area contributed by atoms with Gasteiger partial charge >= 0.3 is 0 Å². The summed E-state index contributed by atoms with van der Waals surface area (Å²) in [5.41, 5.74) is 5.24. The molecule has 0 amide bonds. The number of thiocarbonyl (C=S) groups is 1. The van der Waals surface area contributed by atoms with E-state index in [1.54, 1.807) is 0 Å². The van der Waals surface area contributed by atoms with E-state index < -0.39 is 0 Å². The van der Waals surface area contributed by atoms with Crippen molar-refractivity contribution in [2.24, 2.45) is 5.73 Å². The molecule has 0 bridgehead atoms. The van der Waals surface area contributed by atoms with Crippen molar-refractivity contribution in [2.45, 2.75) is 0 Å². The molecule has 0 fully saturated rings. The second-order valence-electron chi connectivity index (χ2n) is 2.15. The quantitative estimate of drug-likeness (QED) is 0.419. The lowest BCUT2D eigenvalue weighted by molar-refractivity contribution is -0.114. The summed E-state index contributed by atoms with van der Waals surface area (Å²) in [5.74, 6) is -0.559. The van der Waals surface area contributed by atoms with Gasteiger partial charge in [-0.05, 0) is 24.4 Å². The Balaban J connectivity index is 2.81. The molecule has 0 aromatic carbocycles. The number of nitrogens with one attached hydrogen (secondary N) is 1. The van der Waals surface area contributed by atoms with Crippen LogP contribution >= 0.6 is 12.2 Å². The molecule has 1 rings (SSSR count). The zero-order valence-electron chi connectivity index (χ0n) is 6.03. The molecular weight excluding hydrogens is 176 g/mol. The van der Waals surface area contributed by atoms with Gasteiger partial charge in [0.2, 0.25) is 5.78 Å². The van der Waals surface area contributed by atoms with Crippen LogP contribution in [0.1, 0.15) is 0 Å². The molecule has 5 heteroatoms. The molecule has 0 aromatic heterocycles. The van der Waals surface area contributed by atoms with Gasteiger partial charge in [-0.1, -0.05) is 0 Å². The lowest BCUT2D eigenvalue weighted by atomic mass is 10.1. The van der Waals surface area contributed by atoms with E-state index in [0.717, 1.165) is 6.08 Å². The van der Waals surface area contributed by atoms with Crippen LogP contribution in [-0.2, 0) is 9.59 Å². The Kier molecular flexibility index (Phi) is 2.35. The minimum Gasteiger partial charge on any atom is -0.376 e. The fraction of sp³-hybridized carbons (Fsp3) is 0. The molecule has 4 nitrogen and oxygen atoms in total. The maximum Gasteiger partial charge on any atom is 0.202 e. The van der Waals surface area contributed by atoms with Gasteiger partial charge in [0.25, 0.3) is 0 Å². The average Bonchev–Trinajstić information content (AvgIpc) is 1.96. The topological polar surface area (TPSA) is 72.2 Å². The van der Waals surface area contributed by atoms with Crippen LogP contribution in [0.5, 0.6) is 0 Å². The van der Waals surface area contributed by atoms with Crippen LogP contribution in [0.4, 0.5) is 0 Å². The van der Waals surface area contributed by atoms with Crippen LogP contribution in [0.2, 0.25) is 0 Å². The Morgan fingerprint density at radius 3 is 2.67 bits per heavy atom. The van der Waals surface area contributed by atoms with Gasteiger partial charge in [-0.2, -0.15) is 0 Å². The smallest absolute Gasteiger partial charge is 0.202 e. The van der Waals surface area contributed by atoms with Crippen LogP contribution in [0, 0.1) is 0 Å². The minimum atomic E-state index is -0.303. The molecule has 12 heavy (non-hydrogen) atoms. The summed E-state index contributed by atoms with van der Waals surface area (Å²) in [6.07, 6.45) is 3.51. The van der Waals surface area contributed by atoms with Gasteiger partial charge in [0, 0.05) is 6.08 Å². The first-order valence-corrected chi connectivity index (χ1v) is 3.55. The summed E-state index contributed by atoms with van der Waals surface area (Å²) in [7, 11) is 0. The predicted octanol–water partition coefficient (Wildman–Crippen LogP) is -0.589. The van der Waals surface area contributed by atoms with E-state index in [4.69, 9.17) is 5.73 Å². The maximum absolute atomic E-state index is 11.0. The Labute approximate surface area is 74.1 Å². The highest BCUT2D eigenvalue weighted by Crippen LogP contribution is 2.00. The van der Waals surface area contributed by atoms with Crippen LogP contribution in [0.15, 0.2) is 23.9 Å². The van der Waals surface area contributed by atoms with Crippen molar-refractivity contribution in [2.75, 3.05) is 0 Å². The van der Waals surface area contributed by atoms with Gasteiger partial charge in [0.05, 0.1) is 5.70 Å². The summed E-state index contributed by atoms with van der Waals surface area (Å²) >= 11 is 4.51. The van der Waals surface area contributed by atoms with Crippen LogP contribution < -0.4 is 11.1 Å². The number of carbonyl (C=O) groups excluding carboxylic acids is 2. The molecule has 0 aromatic rings. The van der Waals surface area contributed by atoms with Crippen molar-refractivity contribution < 1.29 is 9.59 Å². The third-order valence-corrected chi connectivity index (χ3v) is 1.31. The fourth-order valence-electron chi connectivity index (χ4n) is 0.740. The van der Waals surface area contributed by atoms with Crippen LogP contribution in [-0.4, -0.2) is 16.7 Å². The first kappa shape index (κ1) is 8.61. The number of hydrogen-bond donors (Lipinski definition) is 2. The molecule has 0 heterocycles. The van der Waals surface area contributed by atoms with E-state index in [1.807, 2.05) is 0 Å². The van der Waals surface area contributed by atoms with Gasteiger partial charge < -0.3 is 11.1 Å². The molecule has 0 saturated carbocycles. The first-order valence-electron chi connectivity index (χ1n) is 3.14. The molecule has 62 valence electrons. The Morgan fingerprint density at radius 2 is 2.08 bits per heavy atom. The standard InChI is InChI=1S/C7H6N2O2S/c8-7(12)9-5-3-4(10)1-2-6(5)11/h1-3H,(H3,8,9,12). The Hall–Kier alpha value is -1.49. The van der Waals surface area contributed by atoms with E-state index in [2.05, 4.69) is 17.5 Å². The van der Waals surface area contributed by atoms with Crippen LogP contribution in [0.3, 0.4) is 0 Å². The second-order valence-corrected chi connectivity index (χ2v) is 2.59. The minimum absolute atomic E-state index is 0.0299. The Morgan fingerprint density at radius 1 is 1.42 bits per heavy atom. The number of ketones is 2. The highest BCUT2D eigenvalue weighted by molar-refractivity contribution is 7.80. The summed E-state index contributed by atoms with van der Waals surface area (Å²) in [6.45, 7) is 0. The SMILES string of the molecule is NC(=S)NC1=CC(=O)C=CC1=O. The lowest BCUT2D eigenvalue weighted by Crippen LogP contribution is -2.32. The molecule has 0 atom stereocenters. The first-order chi connectivity index (χ1) is 5.59. The van der Waals surface area contributed by atoms with E-state index >= 15 is 0 Å². The third-order valence-electron chi connectivity index (χ3n) is 1.21. The molecule has 1 aliphatic carbocycles. The van der Waals surface area contributed by atoms with E-state index in [0.29, 0.717) is 0 Å². The second kappa shape index (κ2) is 3.27. The fourth-order valence-corrected chi connectivity index (χ4v) is 0.849. The van der Waals surface area contributed by atoms with Crippen molar-refractivity contribution >= 4 is 28.9 Å². The summed E-state index contributed by atoms with van der Waals surface area (Å²) in [5, 5.41) is 2.38.